The van der Waals surface area contributed by atoms with Gasteiger partial charge in [0.1, 0.15) is 12.2 Å². The highest BCUT2D eigenvalue weighted by atomic mass is 16.8. The Morgan fingerprint density at radius 3 is 2.71 bits per heavy atom. The summed E-state index contributed by atoms with van der Waals surface area (Å²) < 4.78 is 28.4. The third-order valence-corrected chi connectivity index (χ3v) is 5.63. The van der Waals surface area contributed by atoms with Crippen LogP contribution in [0.15, 0.2) is 30.3 Å². The summed E-state index contributed by atoms with van der Waals surface area (Å²) in [5, 5.41) is 3.30. The van der Waals surface area contributed by atoms with Crippen LogP contribution in [0.2, 0.25) is 0 Å². The highest BCUT2D eigenvalue weighted by Gasteiger charge is 2.56. The van der Waals surface area contributed by atoms with Crippen LogP contribution < -0.4 is 5.32 Å². The quantitative estimate of drug-likeness (QED) is 0.681. The van der Waals surface area contributed by atoms with Gasteiger partial charge < -0.3 is 33.9 Å². The van der Waals surface area contributed by atoms with Gasteiger partial charge in [-0.2, -0.15) is 0 Å². The topological polar surface area (TPSA) is 95.6 Å². The Balaban J connectivity index is 1.33. The number of morpholine rings is 2. The second-order valence-electron chi connectivity index (χ2n) is 7.37. The van der Waals surface area contributed by atoms with Gasteiger partial charge >= 0.3 is 5.97 Å². The molecule has 4 fully saturated rings. The molecule has 4 heterocycles. The van der Waals surface area contributed by atoms with Crippen LogP contribution in [0.5, 0.6) is 0 Å². The lowest BCUT2D eigenvalue weighted by Crippen LogP contribution is -2.53. The number of fused-ring (bicyclic) bond motifs is 4. The van der Waals surface area contributed by atoms with Crippen LogP contribution >= 0.6 is 0 Å². The normalized spacial score (nSPS) is 39.0. The van der Waals surface area contributed by atoms with E-state index in [1.807, 2.05) is 30.3 Å². The fourth-order valence-corrected chi connectivity index (χ4v) is 4.30. The van der Waals surface area contributed by atoms with Crippen LogP contribution in [0.25, 0.3) is 0 Å². The number of hydrogen-bond acceptors (Lipinski definition) is 8. The van der Waals surface area contributed by atoms with Crippen molar-refractivity contribution in [3.63, 3.8) is 0 Å². The average Bonchev–Trinajstić information content (AvgIpc) is 3.19. The summed E-state index contributed by atoms with van der Waals surface area (Å²) >= 11 is 0. The van der Waals surface area contributed by atoms with Crippen molar-refractivity contribution in [3.05, 3.63) is 35.9 Å². The number of methoxy groups -OCH3 is 1. The van der Waals surface area contributed by atoms with E-state index in [1.165, 1.54) is 7.11 Å². The number of carbonyl (C=O) groups is 2. The minimum atomic E-state index is -0.971. The molecule has 1 amide bonds. The summed E-state index contributed by atoms with van der Waals surface area (Å²) in [5.41, 5.74) is 0.874. The zero-order valence-corrected chi connectivity index (χ0v) is 15.4. The molecule has 0 unspecified atom stereocenters. The molecule has 5 rings (SSSR count). The molecule has 28 heavy (non-hydrogen) atoms. The number of nitrogens with one attached hydrogen (secondary N) is 1. The summed E-state index contributed by atoms with van der Waals surface area (Å²) in [5.74, 6) is -1.65. The highest BCUT2D eigenvalue weighted by Crippen LogP contribution is 2.40. The van der Waals surface area contributed by atoms with Crippen molar-refractivity contribution >= 4 is 11.9 Å². The summed E-state index contributed by atoms with van der Waals surface area (Å²) in [6.07, 6.45) is -3.12. The SMILES string of the molecule is COC(=O)[C@@H]1O[C@@H]2CN(C(=O)[C@@H]3O[C@]4(c5ccccc5)CNC[C@H]3O4)C[C@H]1O2. The maximum Gasteiger partial charge on any atom is 0.337 e. The van der Waals surface area contributed by atoms with E-state index in [2.05, 4.69) is 5.32 Å². The van der Waals surface area contributed by atoms with E-state index in [4.69, 9.17) is 23.7 Å². The molecule has 150 valence electrons. The van der Waals surface area contributed by atoms with Crippen molar-refractivity contribution in [3.8, 4) is 0 Å². The highest BCUT2D eigenvalue weighted by molar-refractivity contribution is 5.83. The lowest BCUT2D eigenvalue weighted by atomic mass is 10.1. The number of esters is 1. The molecule has 1 aromatic carbocycles. The van der Waals surface area contributed by atoms with Gasteiger partial charge in [0.2, 0.25) is 5.79 Å². The van der Waals surface area contributed by atoms with Crippen molar-refractivity contribution in [2.45, 2.75) is 36.5 Å². The molecule has 1 aromatic rings. The summed E-state index contributed by atoms with van der Waals surface area (Å²) in [7, 11) is 1.30. The molecular formula is C19H22N2O7. The number of hydrogen-bond donors (Lipinski definition) is 1. The Kier molecular flexibility index (Phi) is 4.37. The van der Waals surface area contributed by atoms with Crippen LogP contribution in [0.4, 0.5) is 0 Å². The molecule has 4 aliphatic heterocycles. The van der Waals surface area contributed by atoms with Gasteiger partial charge in [0.15, 0.2) is 18.5 Å². The first-order valence-electron chi connectivity index (χ1n) is 9.39. The third-order valence-electron chi connectivity index (χ3n) is 5.63. The van der Waals surface area contributed by atoms with Crippen molar-refractivity contribution in [2.24, 2.45) is 0 Å². The van der Waals surface area contributed by atoms with Gasteiger partial charge in [0.25, 0.3) is 5.91 Å². The van der Waals surface area contributed by atoms with E-state index >= 15 is 0 Å². The minimum absolute atomic E-state index is 0.182. The standard InChI is InChI=1S/C19H22N2O7/c1-24-18(23)16-13-8-21(9-14(25-13)26-16)17(22)15-12-7-20-10-19(27-12,28-15)11-5-3-2-4-6-11/h2-6,12-16,20H,7-10H2,1H3/t12-,13-,14-,15-,16-,19+/m1/s1. The van der Waals surface area contributed by atoms with Gasteiger partial charge in [-0.1, -0.05) is 30.3 Å². The van der Waals surface area contributed by atoms with Crippen LogP contribution in [-0.4, -0.2) is 80.8 Å². The number of benzene rings is 1. The summed E-state index contributed by atoms with van der Waals surface area (Å²) in [4.78, 5) is 26.7. The molecule has 0 spiro atoms. The van der Waals surface area contributed by atoms with Crippen LogP contribution in [0.1, 0.15) is 5.56 Å². The van der Waals surface area contributed by atoms with Gasteiger partial charge in [0.05, 0.1) is 26.7 Å². The Morgan fingerprint density at radius 1 is 1.11 bits per heavy atom. The average molecular weight is 390 g/mol. The molecule has 6 atom stereocenters. The van der Waals surface area contributed by atoms with Crippen molar-refractivity contribution in [2.75, 3.05) is 33.3 Å². The molecule has 0 saturated carbocycles. The van der Waals surface area contributed by atoms with Gasteiger partial charge in [-0.25, -0.2) is 4.79 Å². The molecule has 4 saturated heterocycles. The lowest BCUT2D eigenvalue weighted by Gasteiger charge is -2.32. The van der Waals surface area contributed by atoms with E-state index in [0.29, 0.717) is 13.1 Å². The van der Waals surface area contributed by atoms with Gasteiger partial charge in [-0.3, -0.25) is 4.79 Å². The van der Waals surface area contributed by atoms with Gasteiger partial charge in [0, 0.05) is 12.1 Å². The summed E-state index contributed by atoms with van der Waals surface area (Å²) in [6.45, 7) is 1.48. The zero-order chi connectivity index (χ0) is 19.3. The minimum Gasteiger partial charge on any atom is -0.467 e. The van der Waals surface area contributed by atoms with E-state index < -0.39 is 36.4 Å². The fraction of sp³-hybridized carbons (Fsp3) is 0.579. The molecule has 0 radical (unpaired) electrons. The van der Waals surface area contributed by atoms with E-state index in [1.54, 1.807) is 4.90 Å². The largest absolute Gasteiger partial charge is 0.467 e. The first kappa shape index (κ1) is 18.0. The monoisotopic (exact) mass is 390 g/mol. The maximum absolute atomic E-state index is 13.2. The van der Waals surface area contributed by atoms with Gasteiger partial charge in [-0.15, -0.1) is 0 Å². The number of rotatable bonds is 3. The predicted molar refractivity (Wildman–Crippen MR) is 92.9 cm³/mol. The zero-order valence-electron chi connectivity index (χ0n) is 15.4. The molecule has 9 nitrogen and oxygen atoms in total. The molecule has 4 aliphatic rings. The maximum atomic E-state index is 13.2. The van der Waals surface area contributed by atoms with Crippen molar-refractivity contribution < 1.29 is 33.3 Å². The van der Waals surface area contributed by atoms with Gasteiger partial charge in [-0.05, 0) is 0 Å². The number of amides is 1. The van der Waals surface area contributed by atoms with Crippen molar-refractivity contribution in [1.82, 2.24) is 10.2 Å². The molecule has 0 aliphatic carbocycles. The van der Waals surface area contributed by atoms with Crippen molar-refractivity contribution in [1.29, 1.82) is 0 Å². The molecule has 0 aromatic heterocycles. The number of nitrogens with zero attached hydrogens (tertiary/aromatic N) is 1. The van der Waals surface area contributed by atoms with Crippen LogP contribution in [0, 0.1) is 0 Å². The van der Waals surface area contributed by atoms with Crippen LogP contribution in [-0.2, 0) is 39.1 Å². The van der Waals surface area contributed by atoms with E-state index in [9.17, 15) is 9.59 Å². The Bertz CT molecular complexity index is 775. The van der Waals surface area contributed by atoms with E-state index in [-0.39, 0.29) is 25.1 Å². The molecule has 9 heteroatoms. The van der Waals surface area contributed by atoms with E-state index in [0.717, 1.165) is 5.56 Å². The van der Waals surface area contributed by atoms with Crippen LogP contribution in [0.3, 0.4) is 0 Å². The second kappa shape index (κ2) is 6.78. The third kappa shape index (κ3) is 2.82. The first-order chi connectivity index (χ1) is 13.6. The molecular weight excluding hydrogens is 368 g/mol. The Labute approximate surface area is 161 Å². The smallest absolute Gasteiger partial charge is 0.337 e. The Morgan fingerprint density at radius 2 is 1.93 bits per heavy atom. The summed E-state index contributed by atoms with van der Waals surface area (Å²) in [6, 6.07) is 9.62. The number of carbonyl (C=O) groups excluding carboxylic acids is 2. The predicted octanol–water partition coefficient (Wildman–Crippen LogP) is -0.648. The number of ether oxygens (including phenoxy) is 5. The lowest BCUT2D eigenvalue weighted by molar-refractivity contribution is -0.196. The molecule has 1 N–H and O–H groups in total. The first-order valence-corrected chi connectivity index (χ1v) is 9.39. The fourth-order valence-electron chi connectivity index (χ4n) is 4.30. The Hall–Kier alpha value is -2.04. The second-order valence-corrected chi connectivity index (χ2v) is 7.37. The molecule has 4 bridgehead atoms.